The SMILES string of the molecule is COc1ccc2cc(-c3nc4ccccc4c4ccccc34)sc2c1. The Morgan fingerprint density at radius 1 is 0.800 bits per heavy atom. The van der Waals surface area contributed by atoms with E-state index in [0.717, 1.165) is 17.0 Å². The van der Waals surface area contributed by atoms with E-state index >= 15 is 0 Å². The van der Waals surface area contributed by atoms with Gasteiger partial charge < -0.3 is 4.74 Å². The Kier molecular flexibility index (Phi) is 3.22. The molecule has 0 unspecified atom stereocenters. The second-order valence-corrected chi connectivity index (χ2v) is 7.12. The Bertz CT molecular complexity index is 1240. The van der Waals surface area contributed by atoms with Crippen molar-refractivity contribution >= 4 is 43.1 Å². The van der Waals surface area contributed by atoms with Gasteiger partial charge in [0.2, 0.25) is 0 Å². The minimum atomic E-state index is 0.886. The molecule has 2 heterocycles. The average Bonchev–Trinajstić information content (AvgIpc) is 3.10. The average molecular weight is 341 g/mol. The number of rotatable bonds is 2. The molecule has 5 aromatic rings. The van der Waals surface area contributed by atoms with Crippen LogP contribution in [0.5, 0.6) is 5.75 Å². The quantitative estimate of drug-likeness (QED) is 0.353. The third-order valence-corrected chi connectivity index (χ3v) is 5.67. The number of hydrogen-bond donors (Lipinski definition) is 0. The molecule has 25 heavy (non-hydrogen) atoms. The Morgan fingerprint density at radius 2 is 1.56 bits per heavy atom. The maximum absolute atomic E-state index is 5.36. The van der Waals surface area contributed by atoms with Crippen molar-refractivity contribution in [2.75, 3.05) is 7.11 Å². The van der Waals surface area contributed by atoms with E-state index in [2.05, 4.69) is 60.7 Å². The molecule has 0 amide bonds. The molecule has 0 spiro atoms. The summed E-state index contributed by atoms with van der Waals surface area (Å²) in [6.07, 6.45) is 0. The van der Waals surface area contributed by atoms with Crippen molar-refractivity contribution in [3.05, 3.63) is 72.8 Å². The summed E-state index contributed by atoms with van der Waals surface area (Å²) in [4.78, 5) is 6.18. The lowest BCUT2D eigenvalue weighted by atomic mass is 10.0. The van der Waals surface area contributed by atoms with Gasteiger partial charge in [0.15, 0.2) is 0 Å². The summed E-state index contributed by atoms with van der Waals surface area (Å²) in [5.74, 6) is 0.886. The zero-order valence-electron chi connectivity index (χ0n) is 13.7. The topological polar surface area (TPSA) is 22.1 Å². The molecule has 0 fully saturated rings. The number of benzene rings is 3. The normalized spacial score (nSPS) is 11.4. The second kappa shape index (κ2) is 5.57. The molecule has 2 nitrogen and oxygen atoms in total. The molecule has 0 saturated carbocycles. The lowest BCUT2D eigenvalue weighted by Crippen LogP contribution is -1.87. The first-order valence-corrected chi connectivity index (χ1v) is 9.00. The van der Waals surface area contributed by atoms with Crippen molar-refractivity contribution in [1.29, 1.82) is 0 Å². The molecular formula is C22H15NOS. The summed E-state index contributed by atoms with van der Waals surface area (Å²) < 4.78 is 6.57. The van der Waals surface area contributed by atoms with Crippen LogP contribution in [0.1, 0.15) is 0 Å². The van der Waals surface area contributed by atoms with Crippen molar-refractivity contribution < 1.29 is 4.74 Å². The van der Waals surface area contributed by atoms with E-state index in [4.69, 9.17) is 9.72 Å². The van der Waals surface area contributed by atoms with Crippen LogP contribution >= 0.6 is 11.3 Å². The van der Waals surface area contributed by atoms with Crippen molar-refractivity contribution in [3.63, 3.8) is 0 Å². The molecule has 0 bridgehead atoms. The molecule has 0 aliphatic rings. The van der Waals surface area contributed by atoms with Crippen molar-refractivity contribution in [2.45, 2.75) is 0 Å². The first-order chi connectivity index (χ1) is 12.3. The molecule has 0 aliphatic heterocycles. The van der Waals surface area contributed by atoms with E-state index in [-0.39, 0.29) is 0 Å². The summed E-state index contributed by atoms with van der Waals surface area (Å²) in [5, 5.41) is 4.86. The highest BCUT2D eigenvalue weighted by Gasteiger charge is 2.12. The summed E-state index contributed by atoms with van der Waals surface area (Å²) in [6.45, 7) is 0. The molecule has 3 aromatic carbocycles. The maximum atomic E-state index is 5.36. The highest BCUT2D eigenvalue weighted by Crippen LogP contribution is 2.39. The Morgan fingerprint density at radius 3 is 2.40 bits per heavy atom. The Balaban J connectivity index is 1.84. The lowest BCUT2D eigenvalue weighted by Gasteiger charge is -2.08. The molecule has 0 aliphatic carbocycles. The maximum Gasteiger partial charge on any atom is 0.120 e. The zero-order valence-corrected chi connectivity index (χ0v) is 14.5. The molecule has 3 heteroatoms. The van der Waals surface area contributed by atoms with Crippen molar-refractivity contribution in [2.24, 2.45) is 0 Å². The fourth-order valence-corrected chi connectivity index (χ4v) is 4.44. The van der Waals surface area contributed by atoms with E-state index in [1.165, 1.54) is 31.1 Å². The van der Waals surface area contributed by atoms with Crippen LogP contribution in [-0.4, -0.2) is 12.1 Å². The van der Waals surface area contributed by atoms with Gasteiger partial charge in [-0.1, -0.05) is 42.5 Å². The van der Waals surface area contributed by atoms with Gasteiger partial charge in [0.1, 0.15) is 5.75 Å². The first kappa shape index (κ1) is 14.4. The minimum Gasteiger partial charge on any atom is -0.497 e. The largest absolute Gasteiger partial charge is 0.497 e. The third kappa shape index (κ3) is 2.28. The van der Waals surface area contributed by atoms with Gasteiger partial charge in [-0.15, -0.1) is 11.3 Å². The molecular weight excluding hydrogens is 326 g/mol. The number of aromatic nitrogens is 1. The molecule has 2 aromatic heterocycles. The minimum absolute atomic E-state index is 0.886. The number of thiophene rings is 1. The van der Waals surface area contributed by atoms with Gasteiger partial charge in [-0.05, 0) is 41.1 Å². The molecule has 0 radical (unpaired) electrons. The van der Waals surface area contributed by atoms with Crippen LogP contribution in [0.15, 0.2) is 72.8 Å². The summed E-state index contributed by atoms with van der Waals surface area (Å²) in [6, 6.07) is 25.3. The van der Waals surface area contributed by atoms with E-state index < -0.39 is 0 Å². The molecule has 0 atom stereocenters. The van der Waals surface area contributed by atoms with Gasteiger partial charge in [0.25, 0.3) is 0 Å². The number of pyridine rings is 1. The molecule has 0 saturated heterocycles. The standard InChI is InChI=1S/C22H15NOS/c1-24-15-11-10-14-12-21(25-20(14)13-15)22-18-8-3-2-6-16(18)17-7-4-5-9-19(17)23-22/h2-13H,1H3. The van der Waals surface area contributed by atoms with Crippen LogP contribution in [0.3, 0.4) is 0 Å². The number of fused-ring (bicyclic) bond motifs is 4. The van der Waals surface area contributed by atoms with Crippen molar-refractivity contribution in [3.8, 4) is 16.3 Å². The van der Waals surface area contributed by atoms with E-state index in [1.807, 2.05) is 12.1 Å². The third-order valence-electron chi connectivity index (χ3n) is 4.57. The molecule has 5 rings (SSSR count). The fraction of sp³-hybridized carbons (Fsp3) is 0.0455. The number of methoxy groups -OCH3 is 1. The molecule has 0 N–H and O–H groups in total. The van der Waals surface area contributed by atoms with Gasteiger partial charge in [-0.25, -0.2) is 4.98 Å². The van der Waals surface area contributed by atoms with Crippen molar-refractivity contribution in [1.82, 2.24) is 4.98 Å². The smallest absolute Gasteiger partial charge is 0.120 e. The molecule has 120 valence electrons. The number of para-hydroxylation sites is 1. The van der Waals surface area contributed by atoms with Gasteiger partial charge in [-0.3, -0.25) is 0 Å². The highest BCUT2D eigenvalue weighted by molar-refractivity contribution is 7.22. The van der Waals surface area contributed by atoms with Gasteiger partial charge in [0.05, 0.1) is 23.2 Å². The van der Waals surface area contributed by atoms with Crippen LogP contribution in [0.25, 0.3) is 42.3 Å². The van der Waals surface area contributed by atoms with E-state index in [0.29, 0.717) is 0 Å². The Hall–Kier alpha value is -2.91. The second-order valence-electron chi connectivity index (χ2n) is 6.04. The van der Waals surface area contributed by atoms with Gasteiger partial charge in [-0.2, -0.15) is 0 Å². The van der Waals surface area contributed by atoms with E-state index in [1.54, 1.807) is 18.4 Å². The number of ether oxygens (including phenoxy) is 1. The van der Waals surface area contributed by atoms with E-state index in [9.17, 15) is 0 Å². The fourth-order valence-electron chi connectivity index (χ4n) is 3.35. The lowest BCUT2D eigenvalue weighted by molar-refractivity contribution is 0.415. The zero-order chi connectivity index (χ0) is 16.8. The predicted octanol–water partition coefficient (Wildman–Crippen LogP) is 6.28. The van der Waals surface area contributed by atoms with Gasteiger partial charge in [0, 0.05) is 15.5 Å². The van der Waals surface area contributed by atoms with Crippen LogP contribution in [0.4, 0.5) is 0 Å². The number of hydrogen-bond acceptors (Lipinski definition) is 3. The first-order valence-electron chi connectivity index (χ1n) is 8.19. The van der Waals surface area contributed by atoms with Crippen LogP contribution in [0.2, 0.25) is 0 Å². The van der Waals surface area contributed by atoms with Crippen LogP contribution in [0, 0.1) is 0 Å². The highest BCUT2D eigenvalue weighted by atomic mass is 32.1. The Labute approximate surface area is 149 Å². The predicted molar refractivity (Wildman–Crippen MR) is 107 cm³/mol. The van der Waals surface area contributed by atoms with Crippen LogP contribution in [-0.2, 0) is 0 Å². The van der Waals surface area contributed by atoms with Crippen LogP contribution < -0.4 is 4.74 Å². The number of nitrogens with zero attached hydrogens (tertiary/aromatic N) is 1. The summed E-state index contributed by atoms with van der Waals surface area (Å²) in [5.41, 5.74) is 2.08. The van der Waals surface area contributed by atoms with Gasteiger partial charge >= 0.3 is 0 Å². The summed E-state index contributed by atoms with van der Waals surface area (Å²) >= 11 is 1.76. The monoisotopic (exact) mass is 341 g/mol. The summed E-state index contributed by atoms with van der Waals surface area (Å²) in [7, 11) is 1.70.